The van der Waals surface area contributed by atoms with Crippen LogP contribution in [0.25, 0.3) is 0 Å². The number of carbonyl (C=O) groups is 3. The molecule has 3 fully saturated rings. The van der Waals surface area contributed by atoms with Crippen LogP contribution in [0.2, 0.25) is 0 Å². The molecule has 1 aromatic heterocycles. The van der Waals surface area contributed by atoms with Gasteiger partial charge in [-0.15, -0.1) is 0 Å². The second-order valence-electron chi connectivity index (χ2n) is 8.43. The van der Waals surface area contributed by atoms with E-state index in [9.17, 15) is 14.4 Å². The fourth-order valence-corrected chi connectivity index (χ4v) is 5.25. The summed E-state index contributed by atoms with van der Waals surface area (Å²) in [6.45, 7) is 5.09. The van der Waals surface area contributed by atoms with Crippen molar-refractivity contribution in [2.24, 2.45) is 11.8 Å². The van der Waals surface area contributed by atoms with Gasteiger partial charge in [0.05, 0.1) is 18.2 Å². The van der Waals surface area contributed by atoms with Crippen LogP contribution >= 0.6 is 0 Å². The number of hydrogen-bond donors (Lipinski definition) is 1. The Morgan fingerprint density at radius 2 is 2.11 bits per heavy atom. The first-order chi connectivity index (χ1) is 13.4. The molecule has 3 aliphatic rings. The maximum atomic E-state index is 12.9. The first-order valence-corrected chi connectivity index (χ1v) is 10.2. The van der Waals surface area contributed by atoms with Crippen LogP contribution in [0.4, 0.5) is 0 Å². The molecule has 0 aliphatic carbocycles. The van der Waals surface area contributed by atoms with E-state index in [1.165, 1.54) is 6.92 Å². The summed E-state index contributed by atoms with van der Waals surface area (Å²) >= 11 is 0. The number of aromatic nitrogens is 1. The molecule has 4 atom stereocenters. The Labute approximate surface area is 164 Å². The Bertz CT molecular complexity index is 776. The monoisotopic (exact) mass is 388 g/mol. The average Bonchev–Trinajstić information content (AvgIpc) is 3.06. The van der Waals surface area contributed by atoms with Crippen LogP contribution in [0.5, 0.6) is 0 Å². The van der Waals surface area contributed by atoms with Crippen LogP contribution in [-0.2, 0) is 20.8 Å². The van der Waals surface area contributed by atoms with Gasteiger partial charge in [-0.25, -0.2) is 0 Å². The van der Waals surface area contributed by atoms with Crippen molar-refractivity contribution in [2.45, 2.75) is 58.0 Å². The van der Waals surface area contributed by atoms with E-state index in [0.717, 1.165) is 25.0 Å². The number of aryl methyl sites for hydroxylation is 1. The lowest BCUT2D eigenvalue weighted by molar-refractivity contribution is -0.156. The van der Waals surface area contributed by atoms with E-state index in [4.69, 9.17) is 4.52 Å². The zero-order valence-corrected chi connectivity index (χ0v) is 16.5. The fraction of sp³-hybridized carbons (Fsp3) is 0.700. The Morgan fingerprint density at radius 1 is 1.32 bits per heavy atom. The summed E-state index contributed by atoms with van der Waals surface area (Å²) in [5.74, 6) is 1.22. The molecule has 0 unspecified atom stereocenters. The number of amides is 3. The van der Waals surface area contributed by atoms with Gasteiger partial charge in [-0.1, -0.05) is 5.16 Å². The molecule has 0 radical (unpaired) electrons. The van der Waals surface area contributed by atoms with E-state index in [1.54, 1.807) is 6.07 Å². The summed E-state index contributed by atoms with van der Waals surface area (Å²) < 4.78 is 5.21. The highest BCUT2D eigenvalue weighted by molar-refractivity contribution is 5.80. The van der Waals surface area contributed by atoms with E-state index >= 15 is 0 Å². The van der Waals surface area contributed by atoms with Gasteiger partial charge in [0.25, 0.3) is 0 Å². The second-order valence-corrected chi connectivity index (χ2v) is 8.43. The molecule has 0 aromatic carbocycles. The third-order valence-electron chi connectivity index (χ3n) is 6.41. The molecule has 3 aliphatic heterocycles. The van der Waals surface area contributed by atoms with Gasteiger partial charge in [0, 0.05) is 45.1 Å². The number of nitrogens with one attached hydrogen (secondary N) is 1. The molecule has 152 valence electrons. The average molecular weight is 388 g/mol. The molecule has 1 N–H and O–H groups in total. The van der Waals surface area contributed by atoms with Crippen LogP contribution < -0.4 is 5.32 Å². The third-order valence-corrected chi connectivity index (χ3v) is 6.41. The molecule has 0 saturated carbocycles. The molecule has 0 spiro atoms. The van der Waals surface area contributed by atoms with Gasteiger partial charge in [0.2, 0.25) is 17.7 Å². The smallest absolute Gasteiger partial charge is 0.230 e. The summed E-state index contributed by atoms with van der Waals surface area (Å²) in [5, 5.41) is 6.76. The van der Waals surface area contributed by atoms with Gasteiger partial charge in [-0.05, 0) is 38.0 Å². The molecule has 4 rings (SSSR count). The Balaban J connectivity index is 1.52. The molecular formula is C20H28N4O4. The van der Waals surface area contributed by atoms with Crippen LogP contribution in [0.3, 0.4) is 0 Å². The van der Waals surface area contributed by atoms with E-state index < -0.39 is 0 Å². The lowest BCUT2D eigenvalue weighted by Gasteiger charge is -2.56. The van der Waals surface area contributed by atoms with Crippen molar-refractivity contribution in [2.75, 3.05) is 19.6 Å². The zero-order valence-electron chi connectivity index (χ0n) is 16.5. The maximum Gasteiger partial charge on any atom is 0.230 e. The minimum absolute atomic E-state index is 0.0407. The fourth-order valence-electron chi connectivity index (χ4n) is 5.25. The van der Waals surface area contributed by atoms with Gasteiger partial charge in [0.1, 0.15) is 5.76 Å². The van der Waals surface area contributed by atoms with Crippen LogP contribution in [-0.4, -0.2) is 64.4 Å². The van der Waals surface area contributed by atoms with Crippen molar-refractivity contribution >= 4 is 17.7 Å². The number of likely N-dealkylation sites (tertiary alicyclic amines) is 1. The molecule has 4 heterocycles. The summed E-state index contributed by atoms with van der Waals surface area (Å²) in [7, 11) is 0. The normalized spacial score (nSPS) is 29.4. The first-order valence-electron chi connectivity index (χ1n) is 10.2. The minimum atomic E-state index is -0.0902. The molecule has 8 heteroatoms. The van der Waals surface area contributed by atoms with Crippen LogP contribution in [0.15, 0.2) is 10.6 Å². The Hall–Kier alpha value is -2.38. The Kier molecular flexibility index (Phi) is 5.12. The second kappa shape index (κ2) is 7.56. The van der Waals surface area contributed by atoms with Gasteiger partial charge in [0.15, 0.2) is 0 Å². The highest BCUT2D eigenvalue weighted by Gasteiger charge is 2.49. The maximum absolute atomic E-state index is 12.9. The quantitative estimate of drug-likeness (QED) is 0.826. The van der Waals surface area contributed by atoms with Gasteiger partial charge >= 0.3 is 0 Å². The molecule has 8 nitrogen and oxygen atoms in total. The van der Waals surface area contributed by atoms with Crippen LogP contribution in [0.1, 0.15) is 44.1 Å². The van der Waals surface area contributed by atoms with Crippen molar-refractivity contribution in [3.8, 4) is 0 Å². The highest BCUT2D eigenvalue weighted by atomic mass is 16.5. The standard InChI is InChI=1S/C20H28N4O4/c1-12-6-16(28-22-12)8-20(27)23-10-14-7-15(11-23)18(9-21-13(2)25)24-17(14)4-3-5-19(24)26/h6,14-15,17-18H,3-5,7-11H2,1-2H3,(H,21,25)/t14-,15+,17+,18+/m1/s1. The topological polar surface area (TPSA) is 95.7 Å². The summed E-state index contributed by atoms with van der Waals surface area (Å²) in [5.41, 5.74) is 0.769. The third kappa shape index (κ3) is 3.64. The predicted octanol–water partition coefficient (Wildman–Crippen LogP) is 0.890. The van der Waals surface area contributed by atoms with Crippen molar-refractivity contribution in [1.29, 1.82) is 0 Å². The number of piperidine rings is 3. The van der Waals surface area contributed by atoms with Crippen molar-refractivity contribution in [3.05, 3.63) is 17.5 Å². The van der Waals surface area contributed by atoms with Crippen molar-refractivity contribution < 1.29 is 18.9 Å². The summed E-state index contributed by atoms with van der Waals surface area (Å²) in [6, 6.07) is 1.92. The van der Waals surface area contributed by atoms with Crippen LogP contribution in [0, 0.1) is 18.8 Å². The van der Waals surface area contributed by atoms with E-state index in [-0.39, 0.29) is 42.1 Å². The first kappa shape index (κ1) is 19.0. The van der Waals surface area contributed by atoms with E-state index in [0.29, 0.717) is 37.7 Å². The Morgan fingerprint density at radius 3 is 2.82 bits per heavy atom. The summed E-state index contributed by atoms with van der Waals surface area (Å²) in [6.07, 6.45) is 3.68. The highest BCUT2D eigenvalue weighted by Crippen LogP contribution is 2.41. The molecule has 3 saturated heterocycles. The SMILES string of the molecule is CC(=O)NC[C@H]1[C@H]2C[C@H](CN(C(=O)Cc3cc(C)no3)C2)[C@@H]2CCCC(=O)N21. The number of rotatable bonds is 4. The number of nitrogens with zero attached hydrogens (tertiary/aromatic N) is 3. The minimum Gasteiger partial charge on any atom is -0.361 e. The van der Waals surface area contributed by atoms with Gasteiger partial charge in [-0.2, -0.15) is 0 Å². The van der Waals surface area contributed by atoms with Crippen molar-refractivity contribution in [1.82, 2.24) is 20.3 Å². The van der Waals surface area contributed by atoms with Crippen molar-refractivity contribution in [3.63, 3.8) is 0 Å². The molecule has 28 heavy (non-hydrogen) atoms. The molecule has 3 amide bonds. The van der Waals surface area contributed by atoms with Gasteiger partial charge in [-0.3, -0.25) is 14.4 Å². The van der Waals surface area contributed by atoms with E-state index in [2.05, 4.69) is 10.5 Å². The molecule has 1 aromatic rings. The number of hydrogen-bond acceptors (Lipinski definition) is 5. The molecular weight excluding hydrogens is 360 g/mol. The lowest BCUT2D eigenvalue weighted by atomic mass is 9.72. The predicted molar refractivity (Wildman–Crippen MR) is 100 cm³/mol. The zero-order chi connectivity index (χ0) is 19.8. The largest absolute Gasteiger partial charge is 0.361 e. The van der Waals surface area contributed by atoms with Gasteiger partial charge < -0.3 is 19.6 Å². The van der Waals surface area contributed by atoms with E-state index in [1.807, 2.05) is 16.7 Å². The summed E-state index contributed by atoms with van der Waals surface area (Å²) in [4.78, 5) is 41.0. The lowest BCUT2D eigenvalue weighted by Crippen LogP contribution is -2.67. The number of fused-ring (bicyclic) bond motifs is 4. The number of carbonyl (C=O) groups excluding carboxylic acids is 3. The molecule has 2 bridgehead atoms.